The lowest BCUT2D eigenvalue weighted by Crippen LogP contribution is -2.06. The summed E-state index contributed by atoms with van der Waals surface area (Å²) in [4.78, 5) is 0. The Hall–Kier alpha value is -3.66. The molecule has 0 spiro atoms. The van der Waals surface area contributed by atoms with Gasteiger partial charge in [0.2, 0.25) is 0 Å². The third-order valence-electron chi connectivity index (χ3n) is 4.69. The fraction of sp³-hybridized carbons (Fsp3) is 0.208. The van der Waals surface area contributed by atoms with Gasteiger partial charge in [-0.15, -0.1) is 6.42 Å². The average molecular weight is 426 g/mol. The van der Waals surface area contributed by atoms with Crippen molar-refractivity contribution < 1.29 is 22.6 Å². The first kappa shape index (κ1) is 22.0. The third-order valence-corrected chi connectivity index (χ3v) is 4.69. The first-order valence-electron chi connectivity index (χ1n) is 9.46. The Labute approximate surface area is 178 Å². The van der Waals surface area contributed by atoms with Gasteiger partial charge in [0.05, 0.1) is 11.4 Å². The van der Waals surface area contributed by atoms with Crippen molar-refractivity contribution in [2.24, 2.45) is 7.05 Å². The summed E-state index contributed by atoms with van der Waals surface area (Å²) in [5.41, 5.74) is 2.01. The molecule has 2 aromatic carbocycles. The molecular formula is C24H21F3N2O2. The standard InChI is InChI=1S/C24H21F3N2O2/c1-5-9-30-17-7-8-18(21(27)13-17)24-15(3)28-29(4)22(24)14-19-20(26)11-16(25)12-23(19)31-10-6-2/h2,5,7-8,11-13H,1,9-10,14H2,3-4H3. The lowest BCUT2D eigenvalue weighted by molar-refractivity contribution is 0.360. The van der Waals surface area contributed by atoms with E-state index in [0.717, 1.165) is 12.1 Å². The van der Waals surface area contributed by atoms with Crippen molar-refractivity contribution in [3.8, 4) is 35.0 Å². The molecule has 0 saturated carbocycles. The maximum absolute atomic E-state index is 14.9. The summed E-state index contributed by atoms with van der Waals surface area (Å²) in [7, 11) is 1.68. The van der Waals surface area contributed by atoms with Crippen LogP contribution in [0.2, 0.25) is 0 Å². The van der Waals surface area contributed by atoms with Gasteiger partial charge in [0, 0.05) is 48.4 Å². The van der Waals surface area contributed by atoms with Crippen molar-refractivity contribution in [3.05, 3.63) is 77.4 Å². The molecule has 0 aliphatic rings. The predicted molar refractivity (Wildman–Crippen MR) is 113 cm³/mol. The van der Waals surface area contributed by atoms with Gasteiger partial charge in [0.15, 0.2) is 0 Å². The number of aromatic nitrogens is 2. The molecule has 0 saturated heterocycles. The van der Waals surface area contributed by atoms with E-state index in [0.29, 0.717) is 28.3 Å². The van der Waals surface area contributed by atoms with Crippen molar-refractivity contribution in [2.45, 2.75) is 13.3 Å². The van der Waals surface area contributed by atoms with E-state index in [1.807, 2.05) is 0 Å². The molecule has 1 aromatic heterocycles. The molecule has 0 unspecified atom stereocenters. The van der Waals surface area contributed by atoms with E-state index in [9.17, 15) is 13.2 Å². The summed E-state index contributed by atoms with van der Waals surface area (Å²) in [6, 6.07) is 6.34. The number of ether oxygens (including phenoxy) is 2. The predicted octanol–water partition coefficient (Wildman–Crippen LogP) is 4.98. The van der Waals surface area contributed by atoms with E-state index in [1.165, 1.54) is 6.07 Å². The number of benzene rings is 2. The van der Waals surface area contributed by atoms with Crippen LogP contribution in [0.15, 0.2) is 43.0 Å². The van der Waals surface area contributed by atoms with Gasteiger partial charge < -0.3 is 9.47 Å². The van der Waals surface area contributed by atoms with Gasteiger partial charge >= 0.3 is 0 Å². The summed E-state index contributed by atoms with van der Waals surface area (Å²) in [6.07, 6.45) is 6.76. The lowest BCUT2D eigenvalue weighted by atomic mass is 9.97. The molecule has 160 valence electrons. The Bertz CT molecular complexity index is 1160. The van der Waals surface area contributed by atoms with Crippen molar-refractivity contribution in [2.75, 3.05) is 13.2 Å². The zero-order chi connectivity index (χ0) is 22.5. The van der Waals surface area contributed by atoms with E-state index in [2.05, 4.69) is 17.6 Å². The van der Waals surface area contributed by atoms with Crippen LogP contribution in [0.25, 0.3) is 11.1 Å². The molecule has 0 aliphatic heterocycles. The Morgan fingerprint density at radius 3 is 2.61 bits per heavy atom. The van der Waals surface area contributed by atoms with Crippen LogP contribution in [0.5, 0.6) is 11.5 Å². The van der Waals surface area contributed by atoms with Gasteiger partial charge in [0.25, 0.3) is 0 Å². The zero-order valence-electron chi connectivity index (χ0n) is 17.2. The second-order valence-electron chi connectivity index (χ2n) is 6.81. The molecule has 31 heavy (non-hydrogen) atoms. The van der Waals surface area contributed by atoms with Crippen LogP contribution in [0, 0.1) is 36.7 Å². The van der Waals surface area contributed by atoms with E-state index >= 15 is 0 Å². The topological polar surface area (TPSA) is 36.3 Å². The van der Waals surface area contributed by atoms with Crippen molar-refractivity contribution in [1.29, 1.82) is 0 Å². The minimum atomic E-state index is -0.787. The minimum Gasteiger partial charge on any atom is -0.489 e. The Morgan fingerprint density at radius 2 is 1.94 bits per heavy atom. The molecule has 3 aromatic rings. The van der Waals surface area contributed by atoms with Gasteiger partial charge in [-0.2, -0.15) is 5.10 Å². The lowest BCUT2D eigenvalue weighted by Gasteiger charge is -2.14. The molecule has 0 N–H and O–H groups in total. The SMILES string of the molecule is C#CCOc1cc(F)cc(F)c1Cc1c(-c2ccc(OCC=C)cc2F)c(C)nn1C. The van der Waals surface area contributed by atoms with E-state index in [-0.39, 0.29) is 30.9 Å². The zero-order valence-corrected chi connectivity index (χ0v) is 17.2. The second-order valence-corrected chi connectivity index (χ2v) is 6.81. The Balaban J connectivity index is 2.07. The largest absolute Gasteiger partial charge is 0.489 e. The average Bonchev–Trinajstić information content (AvgIpc) is 2.99. The Kier molecular flexibility index (Phi) is 6.71. The van der Waals surface area contributed by atoms with Gasteiger partial charge in [-0.05, 0) is 19.1 Å². The van der Waals surface area contributed by atoms with E-state index < -0.39 is 17.5 Å². The van der Waals surface area contributed by atoms with E-state index in [1.54, 1.807) is 36.9 Å². The molecule has 0 atom stereocenters. The monoisotopic (exact) mass is 426 g/mol. The molecule has 0 radical (unpaired) electrons. The van der Waals surface area contributed by atoms with Crippen LogP contribution < -0.4 is 9.47 Å². The second kappa shape index (κ2) is 9.43. The maximum Gasteiger partial charge on any atom is 0.148 e. The number of nitrogens with zero attached hydrogens (tertiary/aromatic N) is 2. The van der Waals surface area contributed by atoms with Crippen molar-refractivity contribution >= 4 is 0 Å². The quantitative estimate of drug-likeness (QED) is 0.377. The third kappa shape index (κ3) is 4.75. The highest BCUT2D eigenvalue weighted by molar-refractivity contribution is 5.70. The number of aryl methyl sites for hydroxylation is 2. The number of halogens is 3. The summed E-state index contributed by atoms with van der Waals surface area (Å²) in [5, 5.41) is 4.37. The summed E-state index contributed by atoms with van der Waals surface area (Å²) in [6.45, 7) is 5.40. The molecule has 0 bridgehead atoms. The molecule has 4 nitrogen and oxygen atoms in total. The van der Waals surface area contributed by atoms with Gasteiger partial charge in [-0.3, -0.25) is 4.68 Å². The highest BCUT2D eigenvalue weighted by Gasteiger charge is 2.22. The van der Waals surface area contributed by atoms with Crippen molar-refractivity contribution in [1.82, 2.24) is 9.78 Å². The number of terminal acetylenes is 1. The Morgan fingerprint density at radius 1 is 1.16 bits per heavy atom. The van der Waals surface area contributed by atoms with Crippen LogP contribution in [0.1, 0.15) is 17.0 Å². The molecule has 0 fully saturated rings. The smallest absolute Gasteiger partial charge is 0.148 e. The minimum absolute atomic E-state index is 0.00565. The number of rotatable bonds is 8. The maximum atomic E-state index is 14.9. The first-order chi connectivity index (χ1) is 14.8. The normalized spacial score (nSPS) is 10.6. The highest BCUT2D eigenvalue weighted by atomic mass is 19.1. The highest BCUT2D eigenvalue weighted by Crippen LogP contribution is 2.35. The van der Waals surface area contributed by atoms with Gasteiger partial charge in [-0.25, -0.2) is 13.2 Å². The van der Waals surface area contributed by atoms with Crippen LogP contribution in [-0.2, 0) is 13.5 Å². The molecular weight excluding hydrogens is 405 g/mol. The fourth-order valence-corrected chi connectivity index (χ4v) is 3.37. The summed E-state index contributed by atoms with van der Waals surface area (Å²) < 4.78 is 55.6. The summed E-state index contributed by atoms with van der Waals surface area (Å²) in [5.74, 6) is 0.548. The van der Waals surface area contributed by atoms with Crippen LogP contribution in [0.3, 0.4) is 0 Å². The van der Waals surface area contributed by atoms with Crippen LogP contribution in [-0.4, -0.2) is 23.0 Å². The molecule has 7 heteroatoms. The summed E-state index contributed by atoms with van der Waals surface area (Å²) >= 11 is 0. The fourth-order valence-electron chi connectivity index (χ4n) is 3.37. The molecule has 0 amide bonds. The molecule has 1 heterocycles. The number of hydrogen-bond acceptors (Lipinski definition) is 3. The number of hydrogen-bond donors (Lipinski definition) is 0. The molecule has 3 rings (SSSR count). The van der Waals surface area contributed by atoms with Crippen LogP contribution >= 0.6 is 0 Å². The van der Waals surface area contributed by atoms with E-state index in [4.69, 9.17) is 15.9 Å². The van der Waals surface area contributed by atoms with Crippen LogP contribution in [0.4, 0.5) is 13.2 Å². The first-order valence-corrected chi connectivity index (χ1v) is 9.46. The molecule has 0 aliphatic carbocycles. The van der Waals surface area contributed by atoms with Gasteiger partial charge in [0.1, 0.15) is 42.2 Å². The van der Waals surface area contributed by atoms with Gasteiger partial charge in [-0.1, -0.05) is 18.6 Å². The van der Waals surface area contributed by atoms with Crippen molar-refractivity contribution in [3.63, 3.8) is 0 Å².